The van der Waals surface area contributed by atoms with Crippen LogP contribution in [-0.4, -0.2) is 39.1 Å². The number of aromatic amines is 1. The van der Waals surface area contributed by atoms with Crippen LogP contribution >= 0.6 is 0 Å². The molecule has 0 aliphatic carbocycles. The van der Waals surface area contributed by atoms with Crippen molar-refractivity contribution in [2.75, 3.05) is 0 Å². The molecule has 1 aromatic heterocycles. The molecule has 2 aromatic carbocycles. The highest BCUT2D eigenvalue weighted by atomic mass is 16.1. The lowest BCUT2D eigenvalue weighted by Crippen LogP contribution is -2.49. The maximum absolute atomic E-state index is 12.7. The van der Waals surface area contributed by atoms with Gasteiger partial charge in [-0.25, -0.2) is 0 Å². The van der Waals surface area contributed by atoms with Crippen molar-refractivity contribution in [2.45, 2.75) is 50.4 Å². The molecule has 5 rings (SSSR count). The van der Waals surface area contributed by atoms with Crippen molar-refractivity contribution in [1.82, 2.24) is 20.4 Å². The van der Waals surface area contributed by atoms with Gasteiger partial charge < -0.3 is 5.32 Å². The van der Waals surface area contributed by atoms with Gasteiger partial charge in [-0.3, -0.25) is 14.8 Å². The van der Waals surface area contributed by atoms with Crippen molar-refractivity contribution in [1.29, 1.82) is 0 Å². The summed E-state index contributed by atoms with van der Waals surface area (Å²) in [6, 6.07) is 17.8. The molecule has 2 bridgehead atoms. The minimum atomic E-state index is 0.0207. The highest BCUT2D eigenvalue weighted by Gasteiger charge is 2.40. The van der Waals surface area contributed by atoms with Crippen LogP contribution in [0.1, 0.15) is 41.6 Å². The second kappa shape index (κ2) is 6.82. The summed E-state index contributed by atoms with van der Waals surface area (Å²) in [6.45, 7) is 1.02. The van der Waals surface area contributed by atoms with Crippen molar-refractivity contribution < 1.29 is 4.79 Å². The Labute approximate surface area is 158 Å². The molecule has 0 saturated carbocycles. The lowest BCUT2D eigenvalue weighted by atomic mass is 9.96. The average Bonchev–Trinajstić information content (AvgIpc) is 3.24. The summed E-state index contributed by atoms with van der Waals surface area (Å²) >= 11 is 0. The van der Waals surface area contributed by atoms with Crippen molar-refractivity contribution in [3.8, 4) is 0 Å². The molecule has 2 N–H and O–H groups in total. The molecule has 3 aromatic rings. The first-order valence-electron chi connectivity index (χ1n) is 9.80. The molecule has 2 aliphatic heterocycles. The summed E-state index contributed by atoms with van der Waals surface area (Å²) in [5.74, 6) is 0.0207. The van der Waals surface area contributed by atoms with Crippen LogP contribution in [0.4, 0.5) is 0 Å². The third-order valence-corrected chi connectivity index (χ3v) is 6.13. The van der Waals surface area contributed by atoms with Crippen LogP contribution in [0.2, 0.25) is 0 Å². The largest absolute Gasteiger partial charge is 0.349 e. The number of hydrogen-bond donors (Lipinski definition) is 2. The first kappa shape index (κ1) is 16.5. The Kier molecular flexibility index (Phi) is 4.17. The fourth-order valence-corrected chi connectivity index (χ4v) is 4.79. The van der Waals surface area contributed by atoms with E-state index in [-0.39, 0.29) is 11.9 Å². The number of H-pyrrole nitrogens is 1. The summed E-state index contributed by atoms with van der Waals surface area (Å²) in [4.78, 5) is 15.4. The van der Waals surface area contributed by atoms with Gasteiger partial charge in [-0.1, -0.05) is 36.4 Å². The van der Waals surface area contributed by atoms with Crippen LogP contribution in [0.3, 0.4) is 0 Å². The molecule has 2 fully saturated rings. The normalized spacial score (nSPS) is 25.0. The zero-order valence-corrected chi connectivity index (χ0v) is 15.3. The van der Waals surface area contributed by atoms with Gasteiger partial charge in [-0.2, -0.15) is 5.10 Å². The molecule has 1 unspecified atom stereocenters. The van der Waals surface area contributed by atoms with E-state index < -0.39 is 0 Å². The minimum Gasteiger partial charge on any atom is -0.349 e. The quantitative estimate of drug-likeness (QED) is 0.749. The number of carbonyl (C=O) groups is 1. The second-order valence-corrected chi connectivity index (χ2v) is 7.86. The Morgan fingerprint density at radius 3 is 2.67 bits per heavy atom. The summed E-state index contributed by atoms with van der Waals surface area (Å²) in [7, 11) is 0. The van der Waals surface area contributed by atoms with Gasteiger partial charge in [0.05, 0.1) is 11.7 Å². The van der Waals surface area contributed by atoms with Gasteiger partial charge in [-0.05, 0) is 43.4 Å². The third kappa shape index (κ3) is 3.23. The highest BCUT2D eigenvalue weighted by molar-refractivity contribution is 5.97. The van der Waals surface area contributed by atoms with E-state index in [9.17, 15) is 4.79 Å². The Hall–Kier alpha value is -2.66. The highest BCUT2D eigenvalue weighted by Crippen LogP contribution is 2.37. The van der Waals surface area contributed by atoms with Crippen molar-refractivity contribution in [2.24, 2.45) is 0 Å². The minimum absolute atomic E-state index is 0.0207. The van der Waals surface area contributed by atoms with E-state index in [1.165, 1.54) is 18.4 Å². The molecule has 5 heteroatoms. The van der Waals surface area contributed by atoms with Gasteiger partial charge in [0.15, 0.2) is 0 Å². The molecule has 2 aliphatic rings. The van der Waals surface area contributed by atoms with Crippen LogP contribution in [0, 0.1) is 0 Å². The summed E-state index contributed by atoms with van der Waals surface area (Å²) in [5.41, 5.74) is 2.98. The van der Waals surface area contributed by atoms with Gasteiger partial charge in [-0.15, -0.1) is 0 Å². The molecule has 0 spiro atoms. The van der Waals surface area contributed by atoms with Gasteiger partial charge in [0.25, 0.3) is 5.91 Å². The van der Waals surface area contributed by atoms with Crippen LogP contribution in [0.15, 0.2) is 54.7 Å². The van der Waals surface area contributed by atoms with Crippen LogP contribution in [0.5, 0.6) is 0 Å². The van der Waals surface area contributed by atoms with Gasteiger partial charge in [0.1, 0.15) is 0 Å². The fraction of sp³-hybridized carbons (Fsp3) is 0.364. The molecular weight excluding hydrogens is 336 g/mol. The van der Waals surface area contributed by atoms with E-state index in [2.05, 4.69) is 50.7 Å². The number of nitrogens with one attached hydrogen (secondary N) is 2. The fourth-order valence-electron chi connectivity index (χ4n) is 4.79. The monoisotopic (exact) mass is 360 g/mol. The maximum atomic E-state index is 12.7. The molecule has 27 heavy (non-hydrogen) atoms. The van der Waals surface area contributed by atoms with Crippen LogP contribution < -0.4 is 5.32 Å². The predicted molar refractivity (Wildman–Crippen MR) is 105 cm³/mol. The second-order valence-electron chi connectivity index (χ2n) is 7.86. The van der Waals surface area contributed by atoms with E-state index in [0.717, 1.165) is 30.3 Å². The van der Waals surface area contributed by atoms with E-state index in [1.807, 2.05) is 18.2 Å². The van der Waals surface area contributed by atoms with Crippen LogP contribution in [-0.2, 0) is 6.54 Å². The zero-order chi connectivity index (χ0) is 18.2. The number of carbonyl (C=O) groups excluding carboxylic acids is 1. The lowest BCUT2D eigenvalue weighted by Gasteiger charge is -2.39. The molecule has 3 atom stereocenters. The maximum Gasteiger partial charge on any atom is 0.251 e. The standard InChI is InChI=1S/C22H24N4O/c27-22(16-6-7-17-13-23-25-21(17)10-16)24-18-11-19-8-9-20(12-18)26(19)14-15-4-2-1-3-5-15/h1-7,10,13,18-20H,8-9,11-12,14H2,(H,23,25)(H,24,27)/t18?,19-,20+. The Morgan fingerprint density at radius 1 is 1.11 bits per heavy atom. The Morgan fingerprint density at radius 2 is 1.89 bits per heavy atom. The number of piperidine rings is 1. The Balaban J connectivity index is 1.25. The smallest absolute Gasteiger partial charge is 0.251 e. The molecule has 138 valence electrons. The molecule has 0 radical (unpaired) electrons. The first-order valence-corrected chi connectivity index (χ1v) is 9.80. The molecule has 1 amide bonds. The molecule has 2 saturated heterocycles. The number of rotatable bonds is 4. The van der Waals surface area contributed by atoms with Crippen molar-refractivity contribution in [3.05, 3.63) is 65.9 Å². The number of nitrogens with zero attached hydrogens (tertiary/aromatic N) is 2. The van der Waals surface area contributed by atoms with Crippen molar-refractivity contribution >= 4 is 16.8 Å². The Bertz CT molecular complexity index is 937. The first-order chi connectivity index (χ1) is 13.3. The topological polar surface area (TPSA) is 61.0 Å². The summed E-state index contributed by atoms with van der Waals surface area (Å²) < 4.78 is 0. The average molecular weight is 360 g/mol. The van der Waals surface area contributed by atoms with E-state index in [4.69, 9.17) is 0 Å². The number of benzene rings is 2. The SMILES string of the molecule is O=C(NC1C[C@H]2CC[C@@H](C1)N2Cc1ccccc1)c1ccc2cn[nH]c2c1. The van der Waals surface area contributed by atoms with Gasteiger partial charge >= 0.3 is 0 Å². The van der Waals surface area contributed by atoms with E-state index in [1.54, 1.807) is 6.20 Å². The zero-order valence-electron chi connectivity index (χ0n) is 15.3. The summed E-state index contributed by atoms with van der Waals surface area (Å²) in [5, 5.41) is 11.3. The number of hydrogen-bond acceptors (Lipinski definition) is 3. The molecule has 3 heterocycles. The van der Waals surface area contributed by atoms with Gasteiger partial charge in [0, 0.05) is 35.6 Å². The molecular formula is C22H24N4O. The number of amides is 1. The van der Waals surface area contributed by atoms with Crippen LogP contribution in [0.25, 0.3) is 10.9 Å². The number of aromatic nitrogens is 2. The van der Waals surface area contributed by atoms with E-state index >= 15 is 0 Å². The third-order valence-electron chi connectivity index (χ3n) is 6.13. The summed E-state index contributed by atoms with van der Waals surface area (Å²) in [6.07, 6.45) is 6.34. The lowest BCUT2D eigenvalue weighted by molar-refractivity contribution is 0.0828. The predicted octanol–water partition coefficient (Wildman–Crippen LogP) is 3.49. The number of fused-ring (bicyclic) bond motifs is 3. The van der Waals surface area contributed by atoms with E-state index in [0.29, 0.717) is 17.6 Å². The van der Waals surface area contributed by atoms with Crippen molar-refractivity contribution in [3.63, 3.8) is 0 Å². The molecule has 5 nitrogen and oxygen atoms in total. The van der Waals surface area contributed by atoms with Gasteiger partial charge in [0.2, 0.25) is 0 Å².